The van der Waals surface area contributed by atoms with Gasteiger partial charge >= 0.3 is 6.09 Å². The summed E-state index contributed by atoms with van der Waals surface area (Å²) in [6, 6.07) is 22.3. The molecule has 0 spiro atoms. The molecule has 1 fully saturated rings. The second-order valence-electron chi connectivity index (χ2n) is 8.70. The molecule has 0 unspecified atom stereocenters. The molecule has 5 rings (SSSR count). The molecule has 2 aromatic carbocycles. The summed E-state index contributed by atoms with van der Waals surface area (Å²) in [4.78, 5) is 17.8. The maximum Gasteiger partial charge on any atom is 0.407 e. The van der Waals surface area contributed by atoms with Gasteiger partial charge in [0.15, 0.2) is 0 Å². The Morgan fingerprint density at radius 3 is 2.52 bits per heavy atom. The summed E-state index contributed by atoms with van der Waals surface area (Å²) in [6.45, 7) is 3.97. The molecule has 6 nitrogen and oxygen atoms in total. The van der Waals surface area contributed by atoms with Gasteiger partial charge in [-0.1, -0.05) is 42.0 Å². The van der Waals surface area contributed by atoms with E-state index >= 15 is 0 Å². The van der Waals surface area contributed by atoms with Crippen LogP contribution in [-0.4, -0.2) is 38.7 Å². The number of likely N-dealkylation sites (tertiary alicyclic amines) is 1. The minimum atomic E-state index is -0.845. The Balaban J connectivity index is 1.58. The van der Waals surface area contributed by atoms with E-state index in [-0.39, 0.29) is 5.92 Å². The van der Waals surface area contributed by atoms with Crippen molar-refractivity contribution in [1.29, 1.82) is 5.26 Å². The zero-order valence-electron chi connectivity index (χ0n) is 18.4. The molecular weight excluding hydrogens is 412 g/mol. The summed E-state index contributed by atoms with van der Waals surface area (Å²) in [5.41, 5.74) is 7.72. The van der Waals surface area contributed by atoms with Gasteiger partial charge in [-0.25, -0.2) is 9.78 Å². The van der Waals surface area contributed by atoms with E-state index in [0.29, 0.717) is 18.7 Å². The molecule has 1 N–H and O–H groups in total. The average molecular weight is 437 g/mol. The smallest absolute Gasteiger partial charge is 0.407 e. The number of hydrogen-bond acceptors (Lipinski definition) is 3. The van der Waals surface area contributed by atoms with Gasteiger partial charge in [0.2, 0.25) is 0 Å². The van der Waals surface area contributed by atoms with Crippen LogP contribution >= 0.6 is 0 Å². The number of hydrogen-bond donors (Lipinski definition) is 1. The Hall–Kier alpha value is -4.11. The first-order valence-corrected chi connectivity index (χ1v) is 11.1. The fourth-order valence-corrected chi connectivity index (χ4v) is 4.58. The SMILES string of the molecule is Cc1ccc(-c2nc3ccn(C[C@H]4CCN(C(=O)O)C4)c3cc2-c2ccc(C#N)cc2)cc1. The maximum atomic E-state index is 11.3. The number of aromatic nitrogens is 2. The molecule has 0 saturated carbocycles. The number of benzene rings is 2. The quantitative estimate of drug-likeness (QED) is 0.455. The van der Waals surface area contributed by atoms with Gasteiger partial charge in [-0.2, -0.15) is 5.26 Å². The molecule has 1 amide bonds. The molecule has 0 aliphatic carbocycles. The fourth-order valence-electron chi connectivity index (χ4n) is 4.58. The van der Waals surface area contributed by atoms with Crippen molar-refractivity contribution in [3.63, 3.8) is 0 Å². The van der Waals surface area contributed by atoms with Gasteiger partial charge in [-0.3, -0.25) is 0 Å². The van der Waals surface area contributed by atoms with Crippen LogP contribution in [0.5, 0.6) is 0 Å². The first-order chi connectivity index (χ1) is 16.0. The summed E-state index contributed by atoms with van der Waals surface area (Å²) >= 11 is 0. The van der Waals surface area contributed by atoms with Crippen LogP contribution in [0.25, 0.3) is 33.4 Å². The lowest BCUT2D eigenvalue weighted by Crippen LogP contribution is -2.27. The Morgan fingerprint density at radius 1 is 1.12 bits per heavy atom. The number of amides is 1. The molecule has 2 aromatic heterocycles. The number of carbonyl (C=O) groups is 1. The number of fused-ring (bicyclic) bond motifs is 1. The highest BCUT2D eigenvalue weighted by atomic mass is 16.4. The third kappa shape index (κ3) is 4.06. The van der Waals surface area contributed by atoms with E-state index in [2.05, 4.69) is 47.9 Å². The summed E-state index contributed by atoms with van der Waals surface area (Å²) < 4.78 is 2.18. The summed E-state index contributed by atoms with van der Waals surface area (Å²) in [6.07, 6.45) is 2.06. The second kappa shape index (κ2) is 8.44. The molecule has 3 heterocycles. The molecule has 1 aliphatic rings. The van der Waals surface area contributed by atoms with Crippen LogP contribution < -0.4 is 0 Å². The highest BCUT2D eigenvalue weighted by Crippen LogP contribution is 2.34. The van der Waals surface area contributed by atoms with E-state index in [9.17, 15) is 15.2 Å². The minimum Gasteiger partial charge on any atom is -0.465 e. The van der Waals surface area contributed by atoms with Crippen LogP contribution in [0.15, 0.2) is 66.9 Å². The zero-order valence-corrected chi connectivity index (χ0v) is 18.4. The monoisotopic (exact) mass is 436 g/mol. The van der Waals surface area contributed by atoms with E-state index in [1.807, 2.05) is 36.5 Å². The highest BCUT2D eigenvalue weighted by Gasteiger charge is 2.26. The van der Waals surface area contributed by atoms with Gasteiger partial charge in [0, 0.05) is 37.0 Å². The van der Waals surface area contributed by atoms with Gasteiger partial charge in [-0.15, -0.1) is 0 Å². The topological polar surface area (TPSA) is 82.2 Å². The Kier molecular flexibility index (Phi) is 5.31. The summed E-state index contributed by atoms with van der Waals surface area (Å²) in [5.74, 6) is 0.284. The van der Waals surface area contributed by atoms with Crippen LogP contribution in [0.4, 0.5) is 4.79 Å². The van der Waals surface area contributed by atoms with Crippen LogP contribution in [0.2, 0.25) is 0 Å². The summed E-state index contributed by atoms with van der Waals surface area (Å²) in [5, 5.41) is 18.5. The fraction of sp³-hybridized carbons (Fsp3) is 0.222. The number of nitrogens with zero attached hydrogens (tertiary/aromatic N) is 4. The normalized spacial score (nSPS) is 15.6. The zero-order chi connectivity index (χ0) is 22.9. The van der Waals surface area contributed by atoms with E-state index < -0.39 is 6.09 Å². The van der Waals surface area contributed by atoms with Crippen molar-refractivity contribution >= 4 is 17.1 Å². The predicted octanol–water partition coefficient (Wildman–Crippen LogP) is 5.55. The van der Waals surface area contributed by atoms with Crippen molar-refractivity contribution in [1.82, 2.24) is 14.5 Å². The van der Waals surface area contributed by atoms with Crippen molar-refractivity contribution < 1.29 is 9.90 Å². The molecule has 33 heavy (non-hydrogen) atoms. The van der Waals surface area contributed by atoms with Crippen molar-refractivity contribution in [2.75, 3.05) is 13.1 Å². The predicted molar refractivity (Wildman–Crippen MR) is 128 cm³/mol. The number of pyridine rings is 1. The van der Waals surface area contributed by atoms with Crippen LogP contribution in [0.1, 0.15) is 17.5 Å². The van der Waals surface area contributed by atoms with Gasteiger partial charge in [0.1, 0.15) is 0 Å². The van der Waals surface area contributed by atoms with E-state index in [1.54, 1.807) is 0 Å². The number of nitriles is 1. The molecule has 0 bridgehead atoms. The lowest BCUT2D eigenvalue weighted by Gasteiger charge is -2.15. The average Bonchev–Trinajstić information content (AvgIpc) is 3.46. The Labute approximate surface area is 192 Å². The molecule has 6 heteroatoms. The Morgan fingerprint density at radius 2 is 1.85 bits per heavy atom. The second-order valence-corrected chi connectivity index (χ2v) is 8.70. The molecule has 1 aliphatic heterocycles. The third-order valence-corrected chi connectivity index (χ3v) is 6.41. The van der Waals surface area contributed by atoms with Gasteiger partial charge < -0.3 is 14.6 Å². The molecule has 0 radical (unpaired) electrons. The van der Waals surface area contributed by atoms with Crippen molar-refractivity contribution in [2.24, 2.45) is 5.92 Å². The summed E-state index contributed by atoms with van der Waals surface area (Å²) in [7, 11) is 0. The Bertz CT molecular complexity index is 1360. The van der Waals surface area contributed by atoms with Crippen LogP contribution in [0, 0.1) is 24.2 Å². The molecule has 1 saturated heterocycles. The van der Waals surface area contributed by atoms with Crippen molar-refractivity contribution in [2.45, 2.75) is 19.9 Å². The number of aryl methyl sites for hydroxylation is 1. The lowest BCUT2D eigenvalue weighted by molar-refractivity contribution is 0.153. The highest BCUT2D eigenvalue weighted by molar-refractivity contribution is 5.90. The minimum absolute atomic E-state index is 0.284. The van der Waals surface area contributed by atoms with Crippen molar-refractivity contribution in [3.05, 3.63) is 78.0 Å². The third-order valence-electron chi connectivity index (χ3n) is 6.41. The van der Waals surface area contributed by atoms with E-state index in [0.717, 1.165) is 46.4 Å². The van der Waals surface area contributed by atoms with Crippen molar-refractivity contribution in [3.8, 4) is 28.5 Å². The van der Waals surface area contributed by atoms with Crippen LogP contribution in [-0.2, 0) is 6.54 Å². The van der Waals surface area contributed by atoms with Gasteiger partial charge in [0.05, 0.1) is 28.4 Å². The molecule has 1 atom stereocenters. The number of rotatable bonds is 4. The first-order valence-electron chi connectivity index (χ1n) is 11.1. The lowest BCUT2D eigenvalue weighted by atomic mass is 9.97. The number of carboxylic acid groups (broad SMARTS) is 1. The maximum absolute atomic E-state index is 11.3. The first kappa shape index (κ1) is 20.8. The standard InChI is InChI=1S/C27H24N4O2/c1-18-2-6-22(7-3-18)26-23(21-8-4-19(15-28)5-9-21)14-25-24(29-26)11-13-30(25)16-20-10-12-31(17-20)27(32)33/h2-9,11,13-14,20H,10,12,16-17H2,1H3,(H,32,33)/t20-/m1/s1. The van der Waals surface area contributed by atoms with Crippen LogP contribution in [0.3, 0.4) is 0 Å². The van der Waals surface area contributed by atoms with E-state index in [1.165, 1.54) is 10.5 Å². The largest absolute Gasteiger partial charge is 0.465 e. The van der Waals surface area contributed by atoms with E-state index in [4.69, 9.17) is 4.98 Å². The van der Waals surface area contributed by atoms with Gasteiger partial charge in [-0.05, 0) is 49.1 Å². The molecular formula is C27H24N4O2. The van der Waals surface area contributed by atoms with Gasteiger partial charge in [0.25, 0.3) is 0 Å². The molecule has 4 aromatic rings. The molecule has 164 valence electrons.